The summed E-state index contributed by atoms with van der Waals surface area (Å²) in [6.45, 7) is 0. The molecule has 1 aromatic rings. The number of aromatic nitrogens is 1. The van der Waals surface area contributed by atoms with Crippen molar-refractivity contribution in [2.75, 3.05) is 0 Å². The van der Waals surface area contributed by atoms with Crippen molar-refractivity contribution in [2.24, 2.45) is 5.16 Å². The molecule has 0 spiro atoms. The maximum Gasteiger partial charge on any atom is 0.131 e. The van der Waals surface area contributed by atoms with Gasteiger partial charge < -0.3 is 5.21 Å². The van der Waals surface area contributed by atoms with Gasteiger partial charge in [0.1, 0.15) is 10.3 Å². The van der Waals surface area contributed by atoms with E-state index in [1.807, 2.05) is 0 Å². The molecule has 0 aliphatic carbocycles. The summed E-state index contributed by atoms with van der Waals surface area (Å²) in [5, 5.41) is 11.5. The Morgan fingerprint density at radius 3 is 2.36 bits per heavy atom. The largest absolute Gasteiger partial charge is 0.411 e. The summed E-state index contributed by atoms with van der Waals surface area (Å²) in [4.78, 5) is 3.70. The van der Waals surface area contributed by atoms with E-state index in [2.05, 4.69) is 10.1 Å². The van der Waals surface area contributed by atoms with E-state index in [9.17, 15) is 0 Å². The first-order valence-electron chi connectivity index (χ1n) is 2.73. The van der Waals surface area contributed by atoms with Crippen LogP contribution >= 0.6 is 23.2 Å². The van der Waals surface area contributed by atoms with Gasteiger partial charge in [0.15, 0.2) is 0 Å². The van der Waals surface area contributed by atoms with Gasteiger partial charge >= 0.3 is 0 Å². The number of nitrogens with zero attached hydrogens (tertiary/aromatic N) is 2. The van der Waals surface area contributed by atoms with Gasteiger partial charge in [0, 0.05) is 5.56 Å². The standard InChI is InChI=1S/C6H4Cl2N2O/c7-5-1-4(3-9-11)2-6(8)10-5/h1-3,11H. The topological polar surface area (TPSA) is 45.5 Å². The van der Waals surface area contributed by atoms with Crippen LogP contribution in [-0.2, 0) is 0 Å². The average molecular weight is 191 g/mol. The highest BCUT2D eigenvalue weighted by Crippen LogP contribution is 2.12. The lowest BCUT2D eigenvalue weighted by molar-refractivity contribution is 0.322. The molecule has 0 bridgehead atoms. The number of halogens is 2. The van der Waals surface area contributed by atoms with Gasteiger partial charge in [-0.05, 0) is 12.1 Å². The Balaban J connectivity index is 3.08. The van der Waals surface area contributed by atoms with Gasteiger partial charge in [0.25, 0.3) is 0 Å². The summed E-state index contributed by atoms with van der Waals surface area (Å²) in [6.07, 6.45) is 1.22. The number of pyridine rings is 1. The second-order valence-electron chi connectivity index (χ2n) is 1.79. The van der Waals surface area contributed by atoms with Crippen LogP contribution in [0.2, 0.25) is 10.3 Å². The van der Waals surface area contributed by atoms with Crippen molar-refractivity contribution in [3.8, 4) is 0 Å². The molecule has 0 aliphatic heterocycles. The van der Waals surface area contributed by atoms with E-state index in [4.69, 9.17) is 28.4 Å². The molecule has 0 saturated carbocycles. The number of hydrogen-bond acceptors (Lipinski definition) is 3. The third-order valence-electron chi connectivity index (χ3n) is 0.992. The van der Waals surface area contributed by atoms with Crippen molar-refractivity contribution < 1.29 is 5.21 Å². The second-order valence-corrected chi connectivity index (χ2v) is 2.56. The summed E-state index contributed by atoms with van der Waals surface area (Å²) in [7, 11) is 0. The zero-order valence-corrected chi connectivity index (χ0v) is 6.84. The summed E-state index contributed by atoms with van der Waals surface area (Å²) < 4.78 is 0. The second kappa shape index (κ2) is 3.55. The molecule has 0 saturated heterocycles. The third kappa shape index (κ3) is 2.37. The van der Waals surface area contributed by atoms with E-state index in [-0.39, 0.29) is 10.3 Å². The van der Waals surface area contributed by atoms with Gasteiger partial charge in [-0.3, -0.25) is 0 Å². The van der Waals surface area contributed by atoms with Crippen LogP contribution in [0.1, 0.15) is 5.56 Å². The summed E-state index contributed by atoms with van der Waals surface area (Å²) in [5.41, 5.74) is 0.609. The minimum atomic E-state index is 0.271. The Bertz CT molecular complexity index is 268. The highest BCUT2D eigenvalue weighted by atomic mass is 35.5. The van der Waals surface area contributed by atoms with Gasteiger partial charge in [-0.25, -0.2) is 4.98 Å². The lowest BCUT2D eigenvalue weighted by Crippen LogP contribution is -1.84. The van der Waals surface area contributed by atoms with Crippen LogP contribution in [-0.4, -0.2) is 16.4 Å². The van der Waals surface area contributed by atoms with Crippen LogP contribution in [0.25, 0.3) is 0 Å². The fraction of sp³-hybridized carbons (Fsp3) is 0. The van der Waals surface area contributed by atoms with Crippen LogP contribution in [0, 0.1) is 0 Å². The molecule has 3 nitrogen and oxygen atoms in total. The quantitative estimate of drug-likeness (QED) is 0.320. The average Bonchev–Trinajstić information content (AvgIpc) is 1.85. The molecular weight excluding hydrogens is 187 g/mol. The molecule has 0 unspecified atom stereocenters. The highest BCUT2D eigenvalue weighted by Gasteiger charge is 1.95. The maximum atomic E-state index is 8.16. The van der Waals surface area contributed by atoms with E-state index < -0.39 is 0 Å². The van der Waals surface area contributed by atoms with E-state index >= 15 is 0 Å². The predicted molar refractivity (Wildman–Crippen MR) is 43.6 cm³/mol. The summed E-state index contributed by atoms with van der Waals surface area (Å²) >= 11 is 11.1. The van der Waals surface area contributed by atoms with Crippen molar-refractivity contribution in [3.05, 3.63) is 28.0 Å². The van der Waals surface area contributed by atoms with Gasteiger partial charge in [-0.2, -0.15) is 0 Å². The molecule has 0 aliphatic rings. The normalized spacial score (nSPS) is 10.7. The maximum absolute atomic E-state index is 8.16. The zero-order valence-electron chi connectivity index (χ0n) is 5.33. The minimum Gasteiger partial charge on any atom is -0.411 e. The SMILES string of the molecule is ON=Cc1cc(Cl)nc(Cl)c1. The molecule has 5 heteroatoms. The van der Waals surface area contributed by atoms with Gasteiger partial charge in [-0.15, -0.1) is 0 Å². The van der Waals surface area contributed by atoms with Crippen LogP contribution in [0.3, 0.4) is 0 Å². The Kier molecular flexibility index (Phi) is 2.68. The Hall–Kier alpha value is -0.800. The van der Waals surface area contributed by atoms with E-state index in [0.29, 0.717) is 5.56 Å². The van der Waals surface area contributed by atoms with Gasteiger partial charge in [-0.1, -0.05) is 28.4 Å². The van der Waals surface area contributed by atoms with E-state index in [1.165, 1.54) is 18.3 Å². The summed E-state index contributed by atoms with van der Waals surface area (Å²) in [5.74, 6) is 0. The van der Waals surface area contributed by atoms with Crippen molar-refractivity contribution in [2.45, 2.75) is 0 Å². The lowest BCUT2D eigenvalue weighted by atomic mass is 10.3. The Morgan fingerprint density at radius 2 is 1.91 bits per heavy atom. The van der Waals surface area contributed by atoms with E-state index in [0.717, 1.165) is 0 Å². The molecule has 1 rings (SSSR count). The molecule has 1 aromatic heterocycles. The lowest BCUT2D eigenvalue weighted by Gasteiger charge is -1.93. The third-order valence-corrected chi connectivity index (χ3v) is 1.38. The van der Waals surface area contributed by atoms with Crippen molar-refractivity contribution in [1.29, 1.82) is 0 Å². The van der Waals surface area contributed by atoms with Crippen LogP contribution < -0.4 is 0 Å². The van der Waals surface area contributed by atoms with E-state index in [1.54, 1.807) is 0 Å². The molecule has 0 radical (unpaired) electrons. The highest BCUT2D eigenvalue weighted by molar-refractivity contribution is 6.32. The molecular formula is C6H4Cl2N2O. The molecule has 11 heavy (non-hydrogen) atoms. The molecule has 0 fully saturated rings. The Labute approximate surface area is 73.3 Å². The molecule has 0 atom stereocenters. The Morgan fingerprint density at radius 1 is 1.36 bits per heavy atom. The number of rotatable bonds is 1. The first-order valence-corrected chi connectivity index (χ1v) is 3.48. The van der Waals surface area contributed by atoms with Crippen LogP contribution in [0.5, 0.6) is 0 Å². The summed E-state index contributed by atoms with van der Waals surface area (Å²) in [6, 6.07) is 3.07. The predicted octanol–water partition coefficient (Wildman–Crippen LogP) is 2.20. The fourth-order valence-electron chi connectivity index (χ4n) is 0.625. The first kappa shape index (κ1) is 8.30. The smallest absolute Gasteiger partial charge is 0.131 e. The fourth-order valence-corrected chi connectivity index (χ4v) is 1.10. The van der Waals surface area contributed by atoms with Crippen molar-refractivity contribution in [3.63, 3.8) is 0 Å². The number of oxime groups is 1. The van der Waals surface area contributed by atoms with Crippen LogP contribution in [0.4, 0.5) is 0 Å². The molecule has 58 valence electrons. The first-order chi connectivity index (χ1) is 5.22. The molecule has 1 N–H and O–H groups in total. The molecule has 0 amide bonds. The van der Waals surface area contributed by atoms with Crippen molar-refractivity contribution >= 4 is 29.4 Å². The van der Waals surface area contributed by atoms with Gasteiger partial charge in [0.2, 0.25) is 0 Å². The monoisotopic (exact) mass is 190 g/mol. The van der Waals surface area contributed by atoms with Crippen molar-refractivity contribution in [1.82, 2.24) is 4.98 Å². The zero-order chi connectivity index (χ0) is 8.27. The minimum absolute atomic E-state index is 0.271. The molecule has 1 heterocycles. The number of hydrogen-bond donors (Lipinski definition) is 1. The van der Waals surface area contributed by atoms with Gasteiger partial charge in [0.05, 0.1) is 6.21 Å². The molecule has 0 aromatic carbocycles. The van der Waals surface area contributed by atoms with Crippen LogP contribution in [0.15, 0.2) is 17.3 Å².